The molecular weight excluding hydrogens is 283 g/mol. The minimum absolute atomic E-state index is 0.411. The Bertz CT molecular complexity index is 724. The largest absolute Gasteiger partial charge is 0.444 e. The van der Waals surface area contributed by atoms with Crippen molar-refractivity contribution in [3.63, 3.8) is 0 Å². The van der Waals surface area contributed by atoms with Gasteiger partial charge < -0.3 is 9.73 Å². The molecule has 0 saturated heterocycles. The molecule has 3 rings (SSSR count). The van der Waals surface area contributed by atoms with Crippen molar-refractivity contribution < 1.29 is 4.42 Å². The fraction of sp³-hybridized carbons (Fsp3) is 0.0714. The second kappa shape index (κ2) is 5.11. The monoisotopic (exact) mass is 292 g/mol. The first-order chi connectivity index (χ1) is 9.24. The fourth-order valence-electron chi connectivity index (χ4n) is 1.94. The van der Waals surface area contributed by atoms with E-state index in [-0.39, 0.29) is 0 Å². The van der Waals surface area contributed by atoms with Gasteiger partial charge in [0.05, 0.1) is 0 Å². The Labute approximate surface area is 120 Å². The summed E-state index contributed by atoms with van der Waals surface area (Å²) in [5.41, 5.74) is 2.61. The molecule has 19 heavy (non-hydrogen) atoms. The molecule has 0 radical (unpaired) electrons. The number of pyridine rings is 1. The number of hydrogen-bond donors (Lipinski definition) is 1. The first kappa shape index (κ1) is 12.3. The predicted octanol–water partition coefficient (Wildman–Crippen LogP) is 4.75. The van der Waals surface area contributed by atoms with Crippen molar-refractivity contribution in [1.82, 2.24) is 4.98 Å². The second-order valence-electron chi connectivity index (χ2n) is 4.07. The van der Waals surface area contributed by atoms with Gasteiger partial charge in [0.25, 0.3) is 0 Å². The summed E-state index contributed by atoms with van der Waals surface area (Å²) in [4.78, 5) is 3.93. The van der Waals surface area contributed by atoms with Crippen molar-refractivity contribution in [2.45, 2.75) is 6.54 Å². The van der Waals surface area contributed by atoms with Crippen molar-refractivity contribution in [3.05, 3.63) is 58.5 Å². The van der Waals surface area contributed by atoms with E-state index in [1.165, 1.54) is 0 Å². The lowest BCUT2D eigenvalue weighted by atomic mass is 10.2. The number of aromatic nitrogens is 1. The van der Waals surface area contributed by atoms with Crippen molar-refractivity contribution in [1.29, 1.82) is 0 Å². The highest BCUT2D eigenvalue weighted by Gasteiger charge is 2.11. The predicted molar refractivity (Wildman–Crippen MR) is 77.8 cm³/mol. The van der Waals surface area contributed by atoms with Gasteiger partial charge in [0.1, 0.15) is 10.7 Å². The van der Waals surface area contributed by atoms with Gasteiger partial charge in [-0.1, -0.05) is 29.8 Å². The van der Waals surface area contributed by atoms with E-state index < -0.39 is 0 Å². The van der Waals surface area contributed by atoms with Gasteiger partial charge in [-0.3, -0.25) is 0 Å². The molecule has 0 aliphatic rings. The summed E-state index contributed by atoms with van der Waals surface area (Å²) in [6, 6.07) is 11.4. The topological polar surface area (TPSA) is 38.1 Å². The summed E-state index contributed by atoms with van der Waals surface area (Å²) in [6.07, 6.45) is 1.65. The number of rotatable bonds is 3. The lowest BCUT2D eigenvalue weighted by Crippen LogP contribution is -1.99. The van der Waals surface area contributed by atoms with Crippen molar-refractivity contribution in [2.24, 2.45) is 0 Å². The van der Waals surface area contributed by atoms with Crippen LogP contribution in [0.1, 0.15) is 5.56 Å². The van der Waals surface area contributed by atoms with Gasteiger partial charge >= 0.3 is 0 Å². The number of anilines is 1. The Morgan fingerprint density at radius 3 is 2.84 bits per heavy atom. The van der Waals surface area contributed by atoms with Crippen LogP contribution in [0.25, 0.3) is 11.0 Å². The third-order valence-corrected chi connectivity index (χ3v) is 3.36. The fourth-order valence-corrected chi connectivity index (χ4v) is 2.36. The van der Waals surface area contributed by atoms with E-state index in [1.54, 1.807) is 12.3 Å². The van der Waals surface area contributed by atoms with Gasteiger partial charge in [-0.25, -0.2) is 4.98 Å². The van der Waals surface area contributed by atoms with Crippen LogP contribution < -0.4 is 5.32 Å². The first-order valence-corrected chi connectivity index (χ1v) is 6.51. The van der Waals surface area contributed by atoms with E-state index in [2.05, 4.69) is 10.3 Å². The maximum Gasteiger partial charge on any atom is 0.199 e. The summed E-state index contributed by atoms with van der Waals surface area (Å²) >= 11 is 12.0. The molecule has 5 heteroatoms. The number of para-hydroxylation sites is 1. The van der Waals surface area contributed by atoms with E-state index in [9.17, 15) is 0 Å². The molecule has 96 valence electrons. The number of benzene rings is 1. The third-order valence-electron chi connectivity index (χ3n) is 2.84. The third kappa shape index (κ3) is 2.53. The molecule has 0 spiro atoms. The van der Waals surface area contributed by atoms with Crippen LogP contribution in [-0.2, 0) is 6.54 Å². The number of hydrogen-bond acceptors (Lipinski definition) is 3. The molecule has 3 aromatic rings. The molecular formula is C14H10Cl2N2O. The van der Waals surface area contributed by atoms with Crippen LogP contribution in [-0.4, -0.2) is 4.98 Å². The normalized spacial score (nSPS) is 10.8. The molecule has 3 nitrogen and oxygen atoms in total. The Hall–Kier alpha value is -1.71. The van der Waals surface area contributed by atoms with E-state index in [0.717, 1.165) is 22.2 Å². The molecule has 0 amide bonds. The highest BCUT2D eigenvalue weighted by molar-refractivity contribution is 6.31. The first-order valence-electron chi connectivity index (χ1n) is 5.75. The average Bonchev–Trinajstić information content (AvgIpc) is 2.72. The average molecular weight is 293 g/mol. The lowest BCUT2D eigenvalue weighted by Gasteiger charge is -2.05. The quantitative estimate of drug-likeness (QED) is 0.708. The summed E-state index contributed by atoms with van der Waals surface area (Å²) in [7, 11) is 0. The zero-order chi connectivity index (χ0) is 13.2. The Morgan fingerprint density at radius 2 is 2.00 bits per heavy atom. The van der Waals surface area contributed by atoms with E-state index in [4.69, 9.17) is 27.6 Å². The molecule has 0 unspecified atom stereocenters. The number of fused-ring (bicyclic) bond motifs is 1. The molecule has 0 saturated carbocycles. The summed E-state index contributed by atoms with van der Waals surface area (Å²) in [6.45, 7) is 0.566. The molecule has 2 aromatic heterocycles. The van der Waals surface area contributed by atoms with Crippen molar-refractivity contribution in [3.8, 4) is 0 Å². The number of nitrogens with zero attached hydrogens (tertiary/aromatic N) is 1. The summed E-state index contributed by atoms with van der Waals surface area (Å²) in [5.74, 6) is 0. The zero-order valence-electron chi connectivity index (χ0n) is 9.86. The Kier molecular flexibility index (Phi) is 3.32. The number of nitrogens with one attached hydrogen (secondary N) is 1. The van der Waals surface area contributed by atoms with Crippen LogP contribution >= 0.6 is 23.2 Å². The van der Waals surface area contributed by atoms with E-state index >= 15 is 0 Å². The van der Waals surface area contributed by atoms with Gasteiger partial charge in [0, 0.05) is 29.4 Å². The van der Waals surface area contributed by atoms with Gasteiger partial charge in [-0.05, 0) is 29.8 Å². The second-order valence-corrected chi connectivity index (χ2v) is 4.80. The zero-order valence-corrected chi connectivity index (χ0v) is 11.4. The van der Waals surface area contributed by atoms with Gasteiger partial charge in [0.2, 0.25) is 0 Å². The minimum atomic E-state index is 0.411. The van der Waals surface area contributed by atoms with Crippen LogP contribution in [0.5, 0.6) is 0 Å². The van der Waals surface area contributed by atoms with Crippen molar-refractivity contribution >= 4 is 39.9 Å². The van der Waals surface area contributed by atoms with E-state index in [0.29, 0.717) is 16.9 Å². The molecule has 1 N–H and O–H groups in total. The van der Waals surface area contributed by atoms with Crippen LogP contribution in [0.4, 0.5) is 5.69 Å². The van der Waals surface area contributed by atoms with Crippen LogP contribution in [0.2, 0.25) is 10.4 Å². The Balaban J connectivity index is 1.87. The highest BCUT2D eigenvalue weighted by atomic mass is 35.5. The molecule has 0 atom stereocenters. The number of furan rings is 1. The van der Waals surface area contributed by atoms with Gasteiger partial charge in [-0.15, -0.1) is 0 Å². The SMILES string of the molecule is Clc1cc(NCc2c(Cl)oc3ccccc23)ccn1. The molecule has 1 aromatic carbocycles. The molecule has 0 aliphatic heterocycles. The van der Waals surface area contributed by atoms with Crippen molar-refractivity contribution in [2.75, 3.05) is 5.32 Å². The molecule has 0 fully saturated rings. The van der Waals surface area contributed by atoms with Crippen LogP contribution in [0.3, 0.4) is 0 Å². The van der Waals surface area contributed by atoms with Gasteiger partial charge in [-0.2, -0.15) is 0 Å². The minimum Gasteiger partial charge on any atom is -0.444 e. The maximum atomic E-state index is 6.12. The summed E-state index contributed by atoms with van der Waals surface area (Å²) in [5, 5.41) is 5.13. The van der Waals surface area contributed by atoms with E-state index in [1.807, 2.05) is 30.3 Å². The Morgan fingerprint density at radius 1 is 1.16 bits per heavy atom. The molecule has 2 heterocycles. The van der Waals surface area contributed by atoms with Crippen LogP contribution in [0.15, 0.2) is 47.0 Å². The summed E-state index contributed by atoms with van der Waals surface area (Å²) < 4.78 is 5.50. The molecule has 0 bridgehead atoms. The number of halogens is 2. The highest BCUT2D eigenvalue weighted by Crippen LogP contribution is 2.30. The smallest absolute Gasteiger partial charge is 0.199 e. The maximum absolute atomic E-state index is 6.12. The lowest BCUT2D eigenvalue weighted by molar-refractivity contribution is 0.613. The van der Waals surface area contributed by atoms with Gasteiger partial charge in [0.15, 0.2) is 5.22 Å². The van der Waals surface area contributed by atoms with Crippen LogP contribution in [0, 0.1) is 0 Å². The molecule has 0 aliphatic carbocycles. The standard InChI is InChI=1S/C14H10Cl2N2O/c15-13-7-9(5-6-17-13)18-8-11-10-3-1-2-4-12(10)19-14(11)16/h1-7H,8H2,(H,17,18).